The zero-order valence-corrected chi connectivity index (χ0v) is 6.71. The zero-order valence-electron chi connectivity index (χ0n) is 6.71. The molecule has 1 rings (SSSR count). The first-order valence-corrected chi connectivity index (χ1v) is 4.12. The van der Waals surface area contributed by atoms with Gasteiger partial charge in [-0.15, -0.1) is 6.58 Å². The van der Waals surface area contributed by atoms with Gasteiger partial charge in [-0.2, -0.15) is 0 Å². The third-order valence-corrected chi connectivity index (χ3v) is 1.98. The standard InChI is InChI=1S/C9H14O2/c1-2-5-8-6-3-4-7-11-9(8)10/h2,8H,1,3-7H2. The number of ether oxygens (including phenoxy) is 1. The van der Waals surface area contributed by atoms with Crippen molar-refractivity contribution in [1.82, 2.24) is 0 Å². The number of hydrogen-bond acceptors (Lipinski definition) is 2. The van der Waals surface area contributed by atoms with Gasteiger partial charge in [-0.25, -0.2) is 0 Å². The van der Waals surface area contributed by atoms with Crippen LogP contribution in [0.3, 0.4) is 0 Å². The summed E-state index contributed by atoms with van der Waals surface area (Å²) in [5.74, 6) is 0.0393. The molecule has 0 spiro atoms. The van der Waals surface area contributed by atoms with Crippen LogP contribution in [-0.4, -0.2) is 12.6 Å². The lowest BCUT2D eigenvalue weighted by Crippen LogP contribution is -2.14. The van der Waals surface area contributed by atoms with Crippen LogP contribution in [-0.2, 0) is 9.53 Å². The van der Waals surface area contributed by atoms with Crippen LogP contribution < -0.4 is 0 Å². The molecule has 1 heterocycles. The minimum Gasteiger partial charge on any atom is -0.465 e. The van der Waals surface area contributed by atoms with E-state index < -0.39 is 0 Å². The summed E-state index contributed by atoms with van der Waals surface area (Å²) in [5.41, 5.74) is 0. The van der Waals surface area contributed by atoms with Gasteiger partial charge in [-0.05, 0) is 25.7 Å². The van der Waals surface area contributed by atoms with E-state index in [2.05, 4.69) is 6.58 Å². The van der Waals surface area contributed by atoms with Crippen molar-refractivity contribution in [1.29, 1.82) is 0 Å². The third kappa shape index (κ3) is 2.37. The van der Waals surface area contributed by atoms with Crippen molar-refractivity contribution in [2.45, 2.75) is 25.7 Å². The topological polar surface area (TPSA) is 26.3 Å². The summed E-state index contributed by atoms with van der Waals surface area (Å²) in [5, 5.41) is 0. The van der Waals surface area contributed by atoms with E-state index in [0.717, 1.165) is 25.7 Å². The first-order valence-electron chi connectivity index (χ1n) is 4.12. The van der Waals surface area contributed by atoms with Gasteiger partial charge in [0.2, 0.25) is 0 Å². The molecule has 11 heavy (non-hydrogen) atoms. The maximum Gasteiger partial charge on any atom is 0.309 e. The van der Waals surface area contributed by atoms with Crippen molar-refractivity contribution in [3.05, 3.63) is 12.7 Å². The van der Waals surface area contributed by atoms with Crippen LogP contribution in [0.1, 0.15) is 25.7 Å². The Labute approximate surface area is 67.2 Å². The number of carbonyl (C=O) groups excluding carboxylic acids is 1. The lowest BCUT2D eigenvalue weighted by Gasteiger charge is -2.07. The highest BCUT2D eigenvalue weighted by atomic mass is 16.5. The predicted octanol–water partition coefficient (Wildman–Crippen LogP) is 1.91. The van der Waals surface area contributed by atoms with E-state index in [4.69, 9.17) is 4.74 Å². The first-order chi connectivity index (χ1) is 5.34. The van der Waals surface area contributed by atoms with Gasteiger partial charge in [0.25, 0.3) is 0 Å². The van der Waals surface area contributed by atoms with E-state index in [1.54, 1.807) is 6.08 Å². The van der Waals surface area contributed by atoms with Crippen LogP contribution in [0.15, 0.2) is 12.7 Å². The lowest BCUT2D eigenvalue weighted by atomic mass is 10.00. The van der Waals surface area contributed by atoms with E-state index in [-0.39, 0.29) is 11.9 Å². The molecule has 0 N–H and O–H groups in total. The maximum atomic E-state index is 11.1. The summed E-state index contributed by atoms with van der Waals surface area (Å²) in [4.78, 5) is 11.1. The van der Waals surface area contributed by atoms with Crippen molar-refractivity contribution in [2.24, 2.45) is 5.92 Å². The summed E-state index contributed by atoms with van der Waals surface area (Å²) < 4.78 is 4.98. The molecule has 1 aliphatic heterocycles. The van der Waals surface area contributed by atoms with Gasteiger partial charge in [0, 0.05) is 0 Å². The van der Waals surface area contributed by atoms with Crippen LogP contribution in [0.25, 0.3) is 0 Å². The summed E-state index contributed by atoms with van der Waals surface area (Å²) >= 11 is 0. The second-order valence-corrected chi connectivity index (χ2v) is 2.88. The van der Waals surface area contributed by atoms with Crippen LogP contribution in [0.4, 0.5) is 0 Å². The molecular weight excluding hydrogens is 140 g/mol. The third-order valence-electron chi connectivity index (χ3n) is 1.98. The Morgan fingerprint density at radius 1 is 1.64 bits per heavy atom. The van der Waals surface area contributed by atoms with E-state index >= 15 is 0 Å². The molecule has 0 aromatic heterocycles. The molecule has 1 aliphatic rings. The van der Waals surface area contributed by atoms with Crippen LogP contribution in [0, 0.1) is 5.92 Å². The number of carbonyl (C=O) groups is 1. The Bertz CT molecular complexity index is 152. The molecule has 0 bridgehead atoms. The lowest BCUT2D eigenvalue weighted by molar-refractivity contribution is -0.147. The van der Waals surface area contributed by atoms with E-state index in [9.17, 15) is 4.79 Å². The maximum absolute atomic E-state index is 11.1. The molecule has 1 saturated heterocycles. The van der Waals surface area contributed by atoms with Crippen LogP contribution in [0.2, 0.25) is 0 Å². The van der Waals surface area contributed by atoms with Gasteiger partial charge in [0.1, 0.15) is 0 Å². The molecule has 1 unspecified atom stereocenters. The first kappa shape index (κ1) is 8.31. The molecule has 1 atom stereocenters. The number of rotatable bonds is 2. The quantitative estimate of drug-likeness (QED) is 0.448. The molecule has 0 aliphatic carbocycles. The highest BCUT2D eigenvalue weighted by molar-refractivity contribution is 5.72. The predicted molar refractivity (Wildman–Crippen MR) is 43.1 cm³/mol. The van der Waals surface area contributed by atoms with Gasteiger partial charge in [0.15, 0.2) is 0 Å². The highest BCUT2D eigenvalue weighted by Crippen LogP contribution is 2.18. The number of cyclic esters (lactones) is 1. The van der Waals surface area contributed by atoms with E-state index in [1.807, 2.05) is 0 Å². The normalized spacial score (nSPS) is 25.5. The summed E-state index contributed by atoms with van der Waals surface area (Å²) in [6.07, 6.45) is 5.63. The average Bonchev–Trinajstić information content (AvgIpc) is 2.18. The molecule has 2 heteroatoms. The minimum absolute atomic E-state index is 0.0394. The van der Waals surface area contributed by atoms with Gasteiger partial charge >= 0.3 is 5.97 Å². The fourth-order valence-electron chi connectivity index (χ4n) is 1.32. The number of hydrogen-bond donors (Lipinski definition) is 0. The smallest absolute Gasteiger partial charge is 0.309 e. The molecule has 62 valence electrons. The van der Waals surface area contributed by atoms with E-state index in [0.29, 0.717) is 6.61 Å². The van der Waals surface area contributed by atoms with Crippen molar-refractivity contribution in [3.63, 3.8) is 0 Å². The fourth-order valence-corrected chi connectivity index (χ4v) is 1.32. The van der Waals surface area contributed by atoms with Crippen molar-refractivity contribution in [3.8, 4) is 0 Å². The van der Waals surface area contributed by atoms with Crippen molar-refractivity contribution < 1.29 is 9.53 Å². The van der Waals surface area contributed by atoms with Crippen molar-refractivity contribution >= 4 is 5.97 Å². The Kier molecular flexibility index (Phi) is 3.14. The van der Waals surface area contributed by atoms with Crippen LogP contribution >= 0.6 is 0 Å². The molecule has 0 saturated carbocycles. The number of esters is 1. The molecule has 2 nitrogen and oxygen atoms in total. The number of allylic oxidation sites excluding steroid dienone is 1. The zero-order chi connectivity index (χ0) is 8.10. The molecule has 1 fully saturated rings. The monoisotopic (exact) mass is 154 g/mol. The minimum atomic E-state index is -0.0394. The van der Waals surface area contributed by atoms with Gasteiger partial charge in [-0.3, -0.25) is 4.79 Å². The summed E-state index contributed by atoms with van der Waals surface area (Å²) in [6.45, 7) is 4.22. The van der Waals surface area contributed by atoms with Gasteiger partial charge < -0.3 is 4.74 Å². The average molecular weight is 154 g/mol. The Morgan fingerprint density at radius 3 is 3.18 bits per heavy atom. The molecule has 0 aromatic rings. The Morgan fingerprint density at radius 2 is 2.45 bits per heavy atom. The van der Waals surface area contributed by atoms with E-state index in [1.165, 1.54) is 0 Å². The summed E-state index contributed by atoms with van der Waals surface area (Å²) in [6, 6.07) is 0. The fraction of sp³-hybridized carbons (Fsp3) is 0.667. The largest absolute Gasteiger partial charge is 0.465 e. The summed E-state index contributed by atoms with van der Waals surface area (Å²) in [7, 11) is 0. The molecule has 0 aromatic carbocycles. The van der Waals surface area contributed by atoms with Crippen molar-refractivity contribution in [2.75, 3.05) is 6.61 Å². The Balaban J connectivity index is 2.45. The molecule has 0 radical (unpaired) electrons. The second kappa shape index (κ2) is 4.16. The van der Waals surface area contributed by atoms with Gasteiger partial charge in [-0.1, -0.05) is 6.08 Å². The van der Waals surface area contributed by atoms with Gasteiger partial charge in [0.05, 0.1) is 12.5 Å². The highest BCUT2D eigenvalue weighted by Gasteiger charge is 2.20. The SMILES string of the molecule is C=CCC1CCCCOC1=O. The molecular formula is C9H14O2. The second-order valence-electron chi connectivity index (χ2n) is 2.88. The molecule has 0 amide bonds. The Hall–Kier alpha value is -0.790. The van der Waals surface area contributed by atoms with Crippen LogP contribution in [0.5, 0.6) is 0 Å².